The lowest BCUT2D eigenvalue weighted by Crippen LogP contribution is -2.49. The molecule has 7 heteroatoms. The van der Waals surface area contributed by atoms with Crippen molar-refractivity contribution in [2.24, 2.45) is 0 Å². The summed E-state index contributed by atoms with van der Waals surface area (Å²) >= 11 is 0. The number of piperazine rings is 1. The van der Waals surface area contributed by atoms with Gasteiger partial charge in [0.1, 0.15) is 11.4 Å². The minimum absolute atomic E-state index is 0.00701. The first-order valence-electron chi connectivity index (χ1n) is 9.84. The van der Waals surface area contributed by atoms with Crippen molar-refractivity contribution < 1.29 is 9.53 Å². The summed E-state index contributed by atoms with van der Waals surface area (Å²) in [4.78, 5) is 21.2. The van der Waals surface area contributed by atoms with Crippen LogP contribution >= 0.6 is 0 Å². The first kappa shape index (κ1) is 19.1. The van der Waals surface area contributed by atoms with Crippen molar-refractivity contribution in [2.75, 3.05) is 39.8 Å². The van der Waals surface area contributed by atoms with Gasteiger partial charge < -0.3 is 9.64 Å². The Morgan fingerprint density at radius 1 is 1.10 bits per heavy atom. The molecule has 0 saturated carbocycles. The maximum absolute atomic E-state index is 12.9. The summed E-state index contributed by atoms with van der Waals surface area (Å²) < 4.78 is 5.39. The third-order valence-electron chi connectivity index (χ3n) is 5.32. The molecular formula is C22H25N5O2. The van der Waals surface area contributed by atoms with Crippen LogP contribution in [0, 0.1) is 0 Å². The molecule has 29 heavy (non-hydrogen) atoms. The van der Waals surface area contributed by atoms with E-state index in [1.165, 1.54) is 5.56 Å². The van der Waals surface area contributed by atoms with Crippen molar-refractivity contribution in [2.45, 2.75) is 6.42 Å². The van der Waals surface area contributed by atoms with Crippen LogP contribution in [0.1, 0.15) is 16.1 Å². The molecule has 3 aromatic rings. The summed E-state index contributed by atoms with van der Waals surface area (Å²) in [5, 5.41) is 7.22. The molecule has 0 atom stereocenters. The zero-order valence-corrected chi connectivity index (χ0v) is 16.5. The molecule has 1 amide bonds. The number of nitrogens with zero attached hydrogens (tertiary/aromatic N) is 4. The number of aromatic nitrogens is 3. The number of carbonyl (C=O) groups excluding carboxylic acids is 1. The highest BCUT2D eigenvalue weighted by Gasteiger charge is 2.24. The number of hydrogen-bond donors (Lipinski definition) is 1. The molecule has 1 N–H and O–H groups in total. The number of nitrogens with one attached hydrogen (secondary N) is 1. The van der Waals surface area contributed by atoms with Gasteiger partial charge in [0, 0.05) is 50.7 Å². The van der Waals surface area contributed by atoms with E-state index in [1.54, 1.807) is 13.2 Å². The second-order valence-corrected chi connectivity index (χ2v) is 7.11. The highest BCUT2D eigenvalue weighted by atomic mass is 16.5. The molecule has 0 spiro atoms. The van der Waals surface area contributed by atoms with Crippen LogP contribution in [0.5, 0.6) is 5.75 Å². The fourth-order valence-corrected chi connectivity index (χ4v) is 3.61. The van der Waals surface area contributed by atoms with E-state index < -0.39 is 0 Å². The number of rotatable bonds is 6. The standard InChI is InChI=1S/C22H25N5O2/c1-29-21-5-3-2-4-18(21)19-16-20(25-24-19)22(28)27-14-12-26(13-15-27)11-8-17-6-9-23-10-7-17/h2-7,9-10,16H,8,11-15H2,1H3,(H,24,25). The Kier molecular flexibility index (Phi) is 5.86. The zero-order chi connectivity index (χ0) is 20.1. The van der Waals surface area contributed by atoms with Gasteiger partial charge in [0.25, 0.3) is 5.91 Å². The maximum Gasteiger partial charge on any atom is 0.271 e. The van der Waals surface area contributed by atoms with Crippen LogP contribution in [0.25, 0.3) is 11.3 Å². The molecule has 3 heterocycles. The van der Waals surface area contributed by atoms with Crippen molar-refractivity contribution in [3.8, 4) is 17.0 Å². The maximum atomic E-state index is 12.9. The second kappa shape index (κ2) is 8.87. The first-order valence-corrected chi connectivity index (χ1v) is 9.84. The number of benzene rings is 1. The summed E-state index contributed by atoms with van der Waals surface area (Å²) in [5.41, 5.74) is 3.38. The predicted octanol–water partition coefficient (Wildman–Crippen LogP) is 2.48. The van der Waals surface area contributed by atoms with E-state index in [2.05, 4.69) is 32.2 Å². The van der Waals surface area contributed by atoms with Gasteiger partial charge in [-0.2, -0.15) is 5.10 Å². The van der Waals surface area contributed by atoms with Crippen molar-refractivity contribution in [1.82, 2.24) is 25.0 Å². The molecule has 2 aromatic heterocycles. The van der Waals surface area contributed by atoms with Crippen LogP contribution in [0.3, 0.4) is 0 Å². The van der Waals surface area contributed by atoms with Gasteiger partial charge >= 0.3 is 0 Å². The molecule has 1 aliphatic rings. The normalized spacial score (nSPS) is 14.7. The second-order valence-electron chi connectivity index (χ2n) is 7.11. The minimum Gasteiger partial charge on any atom is -0.496 e. The third kappa shape index (κ3) is 4.46. The van der Waals surface area contributed by atoms with E-state index in [4.69, 9.17) is 4.74 Å². The molecular weight excluding hydrogens is 366 g/mol. The Balaban J connectivity index is 1.34. The molecule has 0 aliphatic carbocycles. The predicted molar refractivity (Wildman–Crippen MR) is 111 cm³/mol. The molecule has 1 saturated heterocycles. The number of methoxy groups -OCH3 is 1. The fourth-order valence-electron chi connectivity index (χ4n) is 3.61. The van der Waals surface area contributed by atoms with Crippen LogP contribution in [0.2, 0.25) is 0 Å². The molecule has 7 nitrogen and oxygen atoms in total. The van der Waals surface area contributed by atoms with Crippen LogP contribution in [-0.4, -0.2) is 70.7 Å². The smallest absolute Gasteiger partial charge is 0.271 e. The Bertz CT molecular complexity index is 949. The molecule has 1 aliphatic heterocycles. The van der Waals surface area contributed by atoms with Crippen LogP contribution in [-0.2, 0) is 6.42 Å². The number of aromatic amines is 1. The monoisotopic (exact) mass is 391 g/mol. The van der Waals surface area contributed by atoms with Gasteiger partial charge in [-0.05, 0) is 42.3 Å². The molecule has 1 fully saturated rings. The summed E-state index contributed by atoms with van der Waals surface area (Å²) in [6, 6.07) is 13.6. The molecule has 0 radical (unpaired) electrons. The number of H-pyrrole nitrogens is 1. The number of pyridine rings is 1. The van der Waals surface area contributed by atoms with E-state index in [-0.39, 0.29) is 5.91 Å². The summed E-state index contributed by atoms with van der Waals surface area (Å²) in [6.45, 7) is 4.19. The zero-order valence-electron chi connectivity index (χ0n) is 16.5. The quantitative estimate of drug-likeness (QED) is 0.699. The lowest BCUT2D eigenvalue weighted by Gasteiger charge is -2.34. The van der Waals surface area contributed by atoms with Gasteiger partial charge in [0.05, 0.1) is 12.8 Å². The Labute approximate surface area is 170 Å². The van der Waals surface area contributed by atoms with E-state index in [1.807, 2.05) is 41.6 Å². The van der Waals surface area contributed by atoms with Gasteiger partial charge in [-0.1, -0.05) is 12.1 Å². The number of amides is 1. The Morgan fingerprint density at radius 2 is 1.86 bits per heavy atom. The Hall–Kier alpha value is -3.19. The van der Waals surface area contributed by atoms with Crippen molar-refractivity contribution >= 4 is 5.91 Å². The summed E-state index contributed by atoms with van der Waals surface area (Å²) in [7, 11) is 1.63. The van der Waals surface area contributed by atoms with E-state index >= 15 is 0 Å². The molecule has 0 bridgehead atoms. The number of para-hydroxylation sites is 1. The summed E-state index contributed by atoms with van der Waals surface area (Å²) in [5.74, 6) is 0.730. The SMILES string of the molecule is COc1ccccc1-c1cc(C(=O)N2CCN(CCc3ccncc3)CC2)[nH]n1. The van der Waals surface area contributed by atoms with E-state index in [9.17, 15) is 4.79 Å². The van der Waals surface area contributed by atoms with Gasteiger partial charge in [-0.15, -0.1) is 0 Å². The third-order valence-corrected chi connectivity index (χ3v) is 5.32. The summed E-state index contributed by atoms with van der Waals surface area (Å²) in [6.07, 6.45) is 4.66. The van der Waals surface area contributed by atoms with Crippen molar-refractivity contribution in [3.05, 3.63) is 66.1 Å². The van der Waals surface area contributed by atoms with Crippen LogP contribution in [0.15, 0.2) is 54.9 Å². The first-order chi connectivity index (χ1) is 14.2. The molecule has 4 rings (SSSR count). The largest absolute Gasteiger partial charge is 0.496 e. The van der Waals surface area contributed by atoms with Crippen LogP contribution < -0.4 is 4.74 Å². The number of carbonyl (C=O) groups is 1. The highest BCUT2D eigenvalue weighted by Crippen LogP contribution is 2.28. The van der Waals surface area contributed by atoms with Crippen molar-refractivity contribution in [1.29, 1.82) is 0 Å². The highest BCUT2D eigenvalue weighted by molar-refractivity contribution is 5.93. The lowest BCUT2D eigenvalue weighted by atomic mass is 10.1. The Morgan fingerprint density at radius 3 is 2.62 bits per heavy atom. The van der Waals surface area contributed by atoms with E-state index in [0.29, 0.717) is 11.4 Å². The van der Waals surface area contributed by atoms with Crippen molar-refractivity contribution in [3.63, 3.8) is 0 Å². The fraction of sp³-hybridized carbons (Fsp3) is 0.318. The molecule has 0 unspecified atom stereocenters. The van der Waals surface area contributed by atoms with Gasteiger partial charge in [-0.25, -0.2) is 0 Å². The average Bonchev–Trinajstić information content (AvgIpc) is 3.28. The van der Waals surface area contributed by atoms with Gasteiger partial charge in [-0.3, -0.25) is 19.8 Å². The number of ether oxygens (including phenoxy) is 1. The van der Waals surface area contributed by atoms with Crippen LogP contribution in [0.4, 0.5) is 0 Å². The minimum atomic E-state index is -0.00701. The number of hydrogen-bond acceptors (Lipinski definition) is 5. The van der Waals surface area contributed by atoms with Gasteiger partial charge in [0.15, 0.2) is 0 Å². The molecule has 150 valence electrons. The van der Waals surface area contributed by atoms with Gasteiger partial charge in [0.2, 0.25) is 0 Å². The topological polar surface area (TPSA) is 74.3 Å². The van der Waals surface area contributed by atoms with E-state index in [0.717, 1.165) is 50.5 Å². The molecule has 1 aromatic carbocycles. The average molecular weight is 391 g/mol. The lowest BCUT2D eigenvalue weighted by molar-refractivity contribution is 0.0632.